The summed E-state index contributed by atoms with van der Waals surface area (Å²) in [7, 11) is 0. The predicted molar refractivity (Wildman–Crippen MR) is 113 cm³/mol. The van der Waals surface area contributed by atoms with E-state index >= 15 is 0 Å². The average molecular weight is 432 g/mol. The number of fused-ring (bicyclic) bond motifs is 2. The number of benzene rings is 1. The molecule has 2 aromatic heterocycles. The molecule has 4 rings (SSSR count). The van der Waals surface area contributed by atoms with E-state index < -0.39 is 11.7 Å². The van der Waals surface area contributed by atoms with Crippen molar-refractivity contribution >= 4 is 28.8 Å². The standard InChI is InChI=1S/C21H23ClFN5O2/c1-4-5-26-21(29)15-16(23)14(22)9-12-13(8-10(2)30-18(12)15)20-27-11(3)17-19(24)25-6-7-28(17)20/h6-7,9-10,13H,4-5,8H2,1-3H3,(H2,24,25)(H,26,29)/t10?,13-/m0/s1. The van der Waals surface area contributed by atoms with Gasteiger partial charge in [-0.1, -0.05) is 18.5 Å². The van der Waals surface area contributed by atoms with Gasteiger partial charge in [0.25, 0.3) is 5.91 Å². The predicted octanol–water partition coefficient (Wildman–Crippen LogP) is 3.86. The van der Waals surface area contributed by atoms with Gasteiger partial charge in [0.1, 0.15) is 28.5 Å². The summed E-state index contributed by atoms with van der Waals surface area (Å²) in [6, 6.07) is 1.53. The number of carbonyl (C=O) groups is 1. The molecule has 0 saturated carbocycles. The summed E-state index contributed by atoms with van der Waals surface area (Å²) in [4.78, 5) is 21.6. The lowest BCUT2D eigenvalue weighted by atomic mass is 9.87. The minimum atomic E-state index is -0.783. The lowest BCUT2D eigenvalue weighted by Crippen LogP contribution is -2.30. The fourth-order valence-electron chi connectivity index (χ4n) is 4.01. The molecule has 3 aromatic rings. The van der Waals surface area contributed by atoms with Gasteiger partial charge in [-0.15, -0.1) is 0 Å². The van der Waals surface area contributed by atoms with Gasteiger partial charge >= 0.3 is 0 Å². The molecule has 3 N–H and O–H groups in total. The second kappa shape index (κ2) is 7.75. The zero-order valence-electron chi connectivity index (χ0n) is 17.0. The van der Waals surface area contributed by atoms with Gasteiger partial charge in [0.2, 0.25) is 0 Å². The molecule has 7 nitrogen and oxygen atoms in total. The van der Waals surface area contributed by atoms with Crippen LogP contribution in [0.1, 0.15) is 60.0 Å². The number of anilines is 1. The summed E-state index contributed by atoms with van der Waals surface area (Å²) in [6.45, 7) is 6.09. The van der Waals surface area contributed by atoms with Gasteiger partial charge in [0, 0.05) is 30.4 Å². The van der Waals surface area contributed by atoms with Crippen LogP contribution in [0.4, 0.5) is 10.2 Å². The van der Waals surface area contributed by atoms with E-state index in [1.807, 2.05) is 25.2 Å². The van der Waals surface area contributed by atoms with E-state index in [2.05, 4.69) is 10.3 Å². The van der Waals surface area contributed by atoms with Gasteiger partial charge in [-0.3, -0.25) is 9.20 Å². The third kappa shape index (κ3) is 3.25. The molecule has 1 unspecified atom stereocenters. The van der Waals surface area contributed by atoms with Crippen molar-refractivity contribution in [2.24, 2.45) is 0 Å². The number of ether oxygens (including phenoxy) is 1. The molecule has 1 aliphatic rings. The van der Waals surface area contributed by atoms with Gasteiger partial charge in [-0.25, -0.2) is 14.4 Å². The molecular formula is C21H23ClFN5O2. The number of nitrogens with two attached hydrogens (primary N) is 1. The van der Waals surface area contributed by atoms with Crippen LogP contribution in [0.2, 0.25) is 5.02 Å². The van der Waals surface area contributed by atoms with Crippen molar-refractivity contribution in [3.63, 3.8) is 0 Å². The molecular weight excluding hydrogens is 409 g/mol. The molecule has 30 heavy (non-hydrogen) atoms. The summed E-state index contributed by atoms with van der Waals surface area (Å²) in [5, 5.41) is 2.59. The Kier molecular flexibility index (Phi) is 5.27. The number of rotatable bonds is 4. The SMILES string of the molecule is CCCNC(=O)c1c(F)c(Cl)cc2c1OC(C)C[C@@H]2c1nc(C)c2c(N)nccn12. The summed E-state index contributed by atoms with van der Waals surface area (Å²) in [5.41, 5.74) is 7.98. The number of nitrogens with one attached hydrogen (secondary N) is 1. The third-order valence-electron chi connectivity index (χ3n) is 5.32. The van der Waals surface area contributed by atoms with Crippen molar-refractivity contribution in [2.75, 3.05) is 12.3 Å². The van der Waals surface area contributed by atoms with Gasteiger partial charge in [-0.2, -0.15) is 0 Å². The Balaban J connectivity index is 1.93. The molecule has 1 amide bonds. The maximum Gasteiger partial charge on any atom is 0.258 e. The van der Waals surface area contributed by atoms with Gasteiger partial charge in [0.15, 0.2) is 5.82 Å². The topological polar surface area (TPSA) is 94.5 Å². The summed E-state index contributed by atoms with van der Waals surface area (Å²) < 4.78 is 22.8. The number of nitrogen functional groups attached to an aromatic ring is 1. The minimum Gasteiger partial charge on any atom is -0.489 e. The first-order valence-corrected chi connectivity index (χ1v) is 10.3. The lowest BCUT2D eigenvalue weighted by Gasteiger charge is -2.31. The average Bonchev–Trinajstić information content (AvgIpc) is 3.05. The Labute approximate surface area is 178 Å². The highest BCUT2D eigenvalue weighted by Gasteiger charge is 2.36. The number of hydrogen-bond donors (Lipinski definition) is 2. The van der Waals surface area contributed by atoms with Crippen LogP contribution < -0.4 is 15.8 Å². The Morgan fingerprint density at radius 3 is 3.00 bits per heavy atom. The number of imidazole rings is 1. The number of halogens is 2. The van der Waals surface area contributed by atoms with E-state index in [0.717, 1.165) is 23.5 Å². The van der Waals surface area contributed by atoms with E-state index in [9.17, 15) is 9.18 Å². The summed E-state index contributed by atoms with van der Waals surface area (Å²) >= 11 is 6.20. The normalized spacial score (nSPS) is 18.2. The van der Waals surface area contributed by atoms with Crippen LogP contribution in [-0.2, 0) is 0 Å². The highest BCUT2D eigenvalue weighted by Crippen LogP contribution is 2.45. The fourth-order valence-corrected chi connectivity index (χ4v) is 4.22. The summed E-state index contributed by atoms with van der Waals surface area (Å²) in [6.07, 6.45) is 4.46. The van der Waals surface area contributed by atoms with Crippen molar-refractivity contribution in [1.29, 1.82) is 0 Å². The highest BCUT2D eigenvalue weighted by molar-refractivity contribution is 6.31. The van der Waals surface area contributed by atoms with Crippen LogP contribution in [0.25, 0.3) is 5.52 Å². The van der Waals surface area contributed by atoms with E-state index in [1.165, 1.54) is 6.07 Å². The van der Waals surface area contributed by atoms with Gasteiger partial charge < -0.3 is 15.8 Å². The molecule has 9 heteroatoms. The first-order valence-electron chi connectivity index (χ1n) is 9.89. The van der Waals surface area contributed by atoms with E-state index in [0.29, 0.717) is 24.3 Å². The van der Waals surface area contributed by atoms with Crippen LogP contribution in [0, 0.1) is 12.7 Å². The Bertz CT molecular complexity index is 1150. The molecule has 0 bridgehead atoms. The largest absolute Gasteiger partial charge is 0.489 e. The number of aromatic nitrogens is 3. The van der Waals surface area contributed by atoms with Crippen molar-refractivity contribution in [1.82, 2.24) is 19.7 Å². The zero-order valence-corrected chi connectivity index (χ0v) is 17.8. The van der Waals surface area contributed by atoms with E-state index in [-0.39, 0.29) is 28.4 Å². The molecule has 0 radical (unpaired) electrons. The third-order valence-corrected chi connectivity index (χ3v) is 5.60. The Morgan fingerprint density at radius 1 is 1.50 bits per heavy atom. The Hall–Kier alpha value is -2.87. The van der Waals surface area contributed by atoms with Crippen molar-refractivity contribution < 1.29 is 13.9 Å². The van der Waals surface area contributed by atoms with E-state index in [1.54, 1.807) is 12.4 Å². The first-order chi connectivity index (χ1) is 14.3. The molecule has 0 spiro atoms. The quantitative estimate of drug-likeness (QED) is 0.654. The van der Waals surface area contributed by atoms with Crippen LogP contribution in [-0.4, -0.2) is 32.9 Å². The van der Waals surface area contributed by atoms with Crippen LogP contribution in [0.15, 0.2) is 18.5 Å². The lowest BCUT2D eigenvalue weighted by molar-refractivity contribution is 0.0938. The maximum atomic E-state index is 14.9. The molecule has 1 aliphatic heterocycles. The van der Waals surface area contributed by atoms with Crippen LogP contribution in [0.5, 0.6) is 5.75 Å². The first kappa shape index (κ1) is 20.4. The number of nitrogens with zero attached hydrogens (tertiary/aromatic N) is 3. The maximum absolute atomic E-state index is 14.9. The molecule has 0 fully saturated rings. The number of hydrogen-bond acceptors (Lipinski definition) is 5. The zero-order chi connectivity index (χ0) is 21.6. The molecule has 1 aromatic carbocycles. The molecule has 3 heterocycles. The second-order valence-corrected chi connectivity index (χ2v) is 7.93. The number of amides is 1. The molecule has 2 atom stereocenters. The van der Waals surface area contributed by atoms with Crippen molar-refractivity contribution in [3.05, 3.63) is 51.9 Å². The minimum absolute atomic E-state index is 0.127. The van der Waals surface area contributed by atoms with Gasteiger partial charge in [-0.05, 0) is 32.8 Å². The van der Waals surface area contributed by atoms with Crippen molar-refractivity contribution in [2.45, 2.75) is 45.6 Å². The highest BCUT2D eigenvalue weighted by atomic mass is 35.5. The second-order valence-electron chi connectivity index (χ2n) is 7.52. The Morgan fingerprint density at radius 2 is 2.27 bits per heavy atom. The smallest absolute Gasteiger partial charge is 0.258 e. The van der Waals surface area contributed by atoms with Crippen LogP contribution in [0.3, 0.4) is 0 Å². The number of aryl methyl sites for hydroxylation is 1. The number of carbonyl (C=O) groups excluding carboxylic acids is 1. The van der Waals surface area contributed by atoms with Gasteiger partial charge in [0.05, 0.1) is 16.8 Å². The summed E-state index contributed by atoms with van der Waals surface area (Å²) in [5.74, 6) is -0.275. The molecule has 0 saturated heterocycles. The molecule has 158 valence electrons. The van der Waals surface area contributed by atoms with E-state index in [4.69, 9.17) is 27.1 Å². The van der Waals surface area contributed by atoms with Crippen molar-refractivity contribution in [3.8, 4) is 5.75 Å². The van der Waals surface area contributed by atoms with Crippen LogP contribution >= 0.6 is 11.6 Å². The molecule has 0 aliphatic carbocycles. The monoisotopic (exact) mass is 431 g/mol. The fraction of sp³-hybridized carbons (Fsp3) is 0.381.